The average molecular weight is 687 g/mol. The van der Waals surface area contributed by atoms with E-state index in [1.165, 1.54) is 6.07 Å². The van der Waals surface area contributed by atoms with Gasteiger partial charge in [-0.1, -0.05) is 56.3 Å². The van der Waals surface area contributed by atoms with E-state index >= 15 is 0 Å². The first-order valence-electron chi connectivity index (χ1n) is 15.0. The van der Waals surface area contributed by atoms with Crippen molar-refractivity contribution in [2.75, 3.05) is 52.2 Å². The van der Waals surface area contributed by atoms with Crippen molar-refractivity contribution in [3.8, 4) is 0 Å². The van der Waals surface area contributed by atoms with Gasteiger partial charge in [-0.15, -0.1) is 12.4 Å². The molecule has 1 fully saturated rings. The van der Waals surface area contributed by atoms with Crippen LogP contribution in [0.5, 0.6) is 0 Å². The predicted octanol–water partition coefficient (Wildman–Crippen LogP) is 3.71. The van der Waals surface area contributed by atoms with Crippen molar-refractivity contribution in [3.05, 3.63) is 65.7 Å². The minimum absolute atomic E-state index is 0. The zero-order valence-corrected chi connectivity index (χ0v) is 29.1. The zero-order chi connectivity index (χ0) is 32.4. The summed E-state index contributed by atoms with van der Waals surface area (Å²) < 4.78 is 53.9. The maximum atomic E-state index is 13.7. The number of benzene rings is 2. The molecule has 5 N–H and O–H groups in total. The number of piperazine rings is 1. The predicted molar refractivity (Wildman–Crippen MR) is 179 cm³/mol. The van der Waals surface area contributed by atoms with Gasteiger partial charge in [0.25, 0.3) is 0 Å². The third-order valence-electron chi connectivity index (χ3n) is 7.65. The van der Waals surface area contributed by atoms with E-state index < -0.39 is 29.1 Å². The molecule has 0 aromatic heterocycles. The summed E-state index contributed by atoms with van der Waals surface area (Å²) in [7, 11) is -7.35. The quantitative estimate of drug-likeness (QED) is 0.0891. The van der Waals surface area contributed by atoms with Gasteiger partial charge in [0, 0.05) is 38.1 Å². The molecule has 1 saturated heterocycles. The lowest BCUT2D eigenvalue weighted by Gasteiger charge is -2.37. The summed E-state index contributed by atoms with van der Waals surface area (Å²) in [5.41, 5.74) is 6.82. The summed E-state index contributed by atoms with van der Waals surface area (Å²) in [4.78, 5) is 17.4. The van der Waals surface area contributed by atoms with Gasteiger partial charge in [-0.25, -0.2) is 8.42 Å². The van der Waals surface area contributed by atoms with Crippen LogP contribution in [0.15, 0.2) is 59.5 Å². The molecular weight excluding hydrogens is 639 g/mol. The van der Waals surface area contributed by atoms with Gasteiger partial charge >= 0.3 is 7.60 Å². The molecule has 2 aromatic rings. The number of carbonyl (C=O) groups is 1. The molecule has 15 heteroatoms. The molecule has 1 unspecified atom stereocenters. The molecule has 252 valence electrons. The van der Waals surface area contributed by atoms with Crippen LogP contribution in [-0.4, -0.2) is 88.3 Å². The number of halogens is 1. The van der Waals surface area contributed by atoms with Crippen molar-refractivity contribution in [1.82, 2.24) is 19.8 Å². The summed E-state index contributed by atoms with van der Waals surface area (Å²) in [6.07, 6.45) is 0.738. The van der Waals surface area contributed by atoms with E-state index in [1.807, 2.05) is 55.1 Å². The van der Waals surface area contributed by atoms with Crippen LogP contribution in [0.3, 0.4) is 0 Å². The van der Waals surface area contributed by atoms with Crippen molar-refractivity contribution in [3.63, 3.8) is 0 Å². The maximum Gasteiger partial charge on any atom is 0.344 e. The SMILES string of the molecule is CCOP(=O)(CN1CCN(C(=O)C(CCCNC(=N)N)NS(=O)(=O)c2cccc(C(C)(C)c3ccccc3)c2)CC1)OCC.Cl. The van der Waals surface area contributed by atoms with Crippen molar-refractivity contribution < 1.29 is 26.8 Å². The van der Waals surface area contributed by atoms with Crippen molar-refractivity contribution in [1.29, 1.82) is 5.41 Å². The number of hydrogen-bond donors (Lipinski definition) is 4. The largest absolute Gasteiger partial charge is 0.370 e. The third-order valence-corrected chi connectivity index (χ3v) is 11.2. The Balaban J connectivity index is 0.00000705. The summed E-state index contributed by atoms with van der Waals surface area (Å²) in [5, 5.41) is 10.1. The zero-order valence-electron chi connectivity index (χ0n) is 26.5. The van der Waals surface area contributed by atoms with Crippen LogP contribution in [-0.2, 0) is 33.8 Å². The number of nitrogens with two attached hydrogens (primary N) is 1. The number of amides is 1. The summed E-state index contributed by atoms with van der Waals surface area (Å²) in [5.74, 6) is -0.534. The highest BCUT2D eigenvalue weighted by molar-refractivity contribution is 7.89. The number of nitrogens with zero attached hydrogens (tertiary/aromatic N) is 2. The molecule has 12 nitrogen and oxygen atoms in total. The van der Waals surface area contributed by atoms with E-state index in [4.69, 9.17) is 20.2 Å². The summed E-state index contributed by atoms with van der Waals surface area (Å²) >= 11 is 0. The summed E-state index contributed by atoms with van der Waals surface area (Å²) in [6.45, 7) is 10.0. The van der Waals surface area contributed by atoms with Crippen LogP contribution in [0.25, 0.3) is 0 Å². The molecule has 1 aliphatic rings. The van der Waals surface area contributed by atoms with E-state index in [9.17, 15) is 17.8 Å². The monoisotopic (exact) mass is 686 g/mol. The average Bonchev–Trinajstić information content (AvgIpc) is 2.99. The Bertz CT molecular complexity index is 1400. The first kappa shape index (κ1) is 38.7. The van der Waals surface area contributed by atoms with Crippen molar-refractivity contribution in [2.45, 2.75) is 56.9 Å². The fourth-order valence-corrected chi connectivity index (χ4v) is 8.24. The lowest BCUT2D eigenvalue weighted by Crippen LogP contribution is -2.55. The van der Waals surface area contributed by atoms with Crippen LogP contribution >= 0.6 is 20.0 Å². The lowest BCUT2D eigenvalue weighted by atomic mass is 9.78. The minimum atomic E-state index is -4.07. The third kappa shape index (κ3) is 11.1. The molecule has 0 aliphatic carbocycles. The Morgan fingerprint density at radius 3 is 2.20 bits per heavy atom. The Morgan fingerprint density at radius 2 is 1.62 bits per heavy atom. The van der Waals surface area contributed by atoms with E-state index in [2.05, 4.69) is 10.0 Å². The van der Waals surface area contributed by atoms with E-state index in [-0.39, 0.29) is 55.1 Å². The fraction of sp³-hybridized carbons (Fsp3) is 0.533. The van der Waals surface area contributed by atoms with Crippen LogP contribution in [0, 0.1) is 5.41 Å². The highest BCUT2D eigenvalue weighted by Gasteiger charge is 2.34. The molecule has 0 radical (unpaired) electrons. The highest BCUT2D eigenvalue weighted by Crippen LogP contribution is 2.48. The topological polar surface area (TPSA) is 167 Å². The van der Waals surface area contributed by atoms with E-state index in [0.29, 0.717) is 39.1 Å². The minimum Gasteiger partial charge on any atom is -0.370 e. The second kappa shape index (κ2) is 17.4. The van der Waals surface area contributed by atoms with Gasteiger partial charge in [-0.2, -0.15) is 4.72 Å². The molecule has 1 amide bonds. The lowest BCUT2D eigenvalue weighted by molar-refractivity contribution is -0.134. The second-order valence-corrected chi connectivity index (χ2v) is 14.9. The Hall–Kier alpha value is -2.51. The van der Waals surface area contributed by atoms with Crippen LogP contribution in [0.4, 0.5) is 0 Å². The van der Waals surface area contributed by atoms with Gasteiger partial charge < -0.3 is 25.0 Å². The molecule has 1 heterocycles. The smallest absolute Gasteiger partial charge is 0.344 e. The Labute approximate surface area is 273 Å². The number of carbonyl (C=O) groups excluding carboxylic acids is 1. The van der Waals surface area contributed by atoms with Gasteiger partial charge in [0.1, 0.15) is 12.3 Å². The molecular formula is C30H48ClN6O6PS. The van der Waals surface area contributed by atoms with E-state index in [0.717, 1.165) is 11.1 Å². The van der Waals surface area contributed by atoms with E-state index in [1.54, 1.807) is 30.9 Å². The summed E-state index contributed by atoms with van der Waals surface area (Å²) in [6, 6.07) is 15.6. The Kier molecular flexibility index (Phi) is 15.0. The van der Waals surface area contributed by atoms with Crippen molar-refractivity contribution in [2.24, 2.45) is 5.73 Å². The molecule has 45 heavy (non-hydrogen) atoms. The van der Waals surface area contributed by atoms with Crippen LogP contribution < -0.4 is 15.8 Å². The molecule has 0 bridgehead atoms. The maximum absolute atomic E-state index is 13.7. The van der Waals surface area contributed by atoms with Gasteiger partial charge in [-0.05, 0) is 49.9 Å². The molecule has 1 atom stereocenters. The number of guanidine groups is 1. The van der Waals surface area contributed by atoms with Gasteiger partial charge in [-0.3, -0.25) is 19.7 Å². The molecule has 0 saturated carbocycles. The molecule has 3 rings (SSSR count). The van der Waals surface area contributed by atoms with Gasteiger partial charge in [0.15, 0.2) is 5.96 Å². The van der Waals surface area contributed by atoms with Crippen molar-refractivity contribution >= 4 is 41.9 Å². The molecule has 2 aromatic carbocycles. The van der Waals surface area contributed by atoms with Crippen LogP contribution in [0.2, 0.25) is 0 Å². The fourth-order valence-electron chi connectivity index (χ4n) is 5.18. The number of hydrogen-bond acceptors (Lipinski definition) is 8. The highest BCUT2D eigenvalue weighted by atomic mass is 35.5. The molecule has 1 aliphatic heterocycles. The standard InChI is InChI=1S/C30H47N6O6PS.ClH/c1-5-41-43(38,42-6-2)23-35-18-20-36(21-19-35)28(37)27(16-11-17-33-29(31)32)34-44(39,40)26-15-10-14-25(22-26)30(3,4)24-12-8-7-9-13-24;/h7-10,12-15,22,27,34H,5-6,11,16-21,23H2,1-4H3,(H4,31,32,33);1H. The van der Waals surface area contributed by atoms with Crippen LogP contribution in [0.1, 0.15) is 51.7 Å². The first-order valence-corrected chi connectivity index (χ1v) is 18.2. The van der Waals surface area contributed by atoms with Gasteiger partial charge in [0.2, 0.25) is 15.9 Å². The normalized spacial score (nSPS) is 15.2. The second-order valence-electron chi connectivity index (χ2n) is 11.2. The van der Waals surface area contributed by atoms with Gasteiger partial charge in [0.05, 0.1) is 18.1 Å². The molecule has 0 spiro atoms. The number of nitrogens with one attached hydrogen (secondary N) is 3. The first-order chi connectivity index (χ1) is 20.8. The Morgan fingerprint density at radius 1 is 1.02 bits per heavy atom. The number of rotatable bonds is 16. The number of sulfonamides is 1.